The van der Waals surface area contributed by atoms with Crippen LogP contribution in [0.1, 0.15) is 30.4 Å². The average Bonchev–Trinajstić information content (AvgIpc) is 3.19. The molecule has 0 radical (unpaired) electrons. The van der Waals surface area contributed by atoms with E-state index >= 15 is 0 Å². The molecule has 1 aromatic carbocycles. The number of piperidine rings is 1. The van der Waals surface area contributed by atoms with E-state index in [4.69, 9.17) is 4.74 Å². The first kappa shape index (κ1) is 17.7. The van der Waals surface area contributed by atoms with Gasteiger partial charge in [-0.25, -0.2) is 0 Å². The third-order valence-corrected chi connectivity index (χ3v) is 5.71. The van der Waals surface area contributed by atoms with Gasteiger partial charge in [-0.05, 0) is 36.6 Å². The third-order valence-electron chi connectivity index (χ3n) is 5.71. The Kier molecular flexibility index (Phi) is 5.99. The lowest BCUT2D eigenvalue weighted by atomic mass is 9.99. The van der Waals surface area contributed by atoms with E-state index in [1.165, 1.54) is 43.5 Å². The van der Waals surface area contributed by atoms with Gasteiger partial charge in [-0.3, -0.25) is 14.5 Å². The molecule has 5 heteroatoms. The van der Waals surface area contributed by atoms with Gasteiger partial charge in [0.1, 0.15) is 0 Å². The van der Waals surface area contributed by atoms with Gasteiger partial charge >= 0.3 is 0 Å². The Labute approximate surface area is 156 Å². The van der Waals surface area contributed by atoms with Crippen molar-refractivity contribution in [2.75, 3.05) is 39.4 Å². The summed E-state index contributed by atoms with van der Waals surface area (Å²) in [4.78, 5) is 5.29. The number of rotatable bonds is 6. The third kappa shape index (κ3) is 4.53. The van der Waals surface area contributed by atoms with Gasteiger partial charge < -0.3 is 4.74 Å². The Morgan fingerprint density at radius 1 is 0.962 bits per heavy atom. The molecule has 1 aromatic heterocycles. The van der Waals surface area contributed by atoms with Crippen LogP contribution in [0, 0.1) is 0 Å². The number of likely N-dealkylation sites (tertiary alicyclic amines) is 1. The van der Waals surface area contributed by atoms with Crippen LogP contribution in [0.2, 0.25) is 0 Å². The molecule has 2 fully saturated rings. The molecular weight excluding hydrogens is 324 g/mol. The lowest BCUT2D eigenvalue weighted by Gasteiger charge is -2.40. The van der Waals surface area contributed by atoms with Crippen molar-refractivity contribution in [3.05, 3.63) is 53.9 Å². The Morgan fingerprint density at radius 2 is 1.77 bits per heavy atom. The zero-order chi connectivity index (χ0) is 17.6. The molecule has 0 saturated carbocycles. The minimum absolute atomic E-state index is 0.666. The number of nitrogens with zero attached hydrogens (tertiary/aromatic N) is 4. The summed E-state index contributed by atoms with van der Waals surface area (Å²) in [5.41, 5.74) is 2.82. The van der Waals surface area contributed by atoms with Crippen molar-refractivity contribution in [1.82, 2.24) is 19.6 Å². The number of morpholine rings is 1. The number of hydrogen-bond donors (Lipinski definition) is 0. The largest absolute Gasteiger partial charge is 0.379 e. The second-order valence-corrected chi connectivity index (χ2v) is 7.51. The van der Waals surface area contributed by atoms with Crippen LogP contribution in [0.4, 0.5) is 0 Å². The lowest BCUT2D eigenvalue weighted by molar-refractivity contribution is 0.0152. The molecule has 2 aromatic rings. The summed E-state index contributed by atoms with van der Waals surface area (Å²) in [5, 5.41) is 4.38. The van der Waals surface area contributed by atoms with Crippen LogP contribution >= 0.6 is 0 Å². The second kappa shape index (κ2) is 8.80. The van der Waals surface area contributed by atoms with E-state index in [0.717, 1.165) is 39.4 Å². The fraction of sp³-hybridized carbons (Fsp3) is 0.571. The van der Waals surface area contributed by atoms with Gasteiger partial charge in [-0.15, -0.1) is 0 Å². The fourth-order valence-corrected chi connectivity index (χ4v) is 4.21. The maximum atomic E-state index is 5.51. The van der Waals surface area contributed by atoms with Gasteiger partial charge in [-0.1, -0.05) is 30.7 Å². The molecule has 5 nitrogen and oxygen atoms in total. The summed E-state index contributed by atoms with van der Waals surface area (Å²) in [6.07, 6.45) is 7.89. The van der Waals surface area contributed by atoms with E-state index < -0.39 is 0 Å². The summed E-state index contributed by atoms with van der Waals surface area (Å²) < 4.78 is 7.53. The van der Waals surface area contributed by atoms with Crippen LogP contribution in [0.3, 0.4) is 0 Å². The number of ether oxygens (including phenoxy) is 1. The van der Waals surface area contributed by atoms with Crippen LogP contribution in [-0.4, -0.2) is 65.0 Å². The highest BCUT2D eigenvalue weighted by Gasteiger charge is 2.25. The summed E-state index contributed by atoms with van der Waals surface area (Å²) in [5.74, 6) is 0. The smallest absolute Gasteiger partial charge is 0.0662 e. The van der Waals surface area contributed by atoms with E-state index in [0.29, 0.717) is 6.04 Å². The van der Waals surface area contributed by atoms with Crippen LogP contribution in [-0.2, 0) is 17.8 Å². The monoisotopic (exact) mass is 354 g/mol. The minimum atomic E-state index is 0.666. The molecule has 0 aliphatic carbocycles. The van der Waals surface area contributed by atoms with E-state index in [1.54, 1.807) is 0 Å². The Hall–Kier alpha value is -1.69. The zero-order valence-corrected chi connectivity index (χ0v) is 15.6. The van der Waals surface area contributed by atoms with Crippen molar-refractivity contribution >= 4 is 0 Å². The van der Waals surface area contributed by atoms with E-state index in [2.05, 4.69) is 39.2 Å². The second-order valence-electron chi connectivity index (χ2n) is 7.51. The topological polar surface area (TPSA) is 33.5 Å². The SMILES string of the molecule is c1ccc(Cn2cccn2)c(CN2CCCCC2CN2CCOCC2)c1. The van der Waals surface area contributed by atoms with Crippen LogP contribution in [0.5, 0.6) is 0 Å². The molecule has 140 valence electrons. The van der Waals surface area contributed by atoms with Gasteiger partial charge in [0, 0.05) is 44.6 Å². The first-order chi connectivity index (χ1) is 12.9. The Balaban J connectivity index is 1.44. The average molecular weight is 354 g/mol. The molecule has 4 rings (SSSR count). The van der Waals surface area contributed by atoms with Gasteiger partial charge in [0.2, 0.25) is 0 Å². The maximum Gasteiger partial charge on any atom is 0.0662 e. The van der Waals surface area contributed by atoms with Gasteiger partial charge in [-0.2, -0.15) is 5.10 Å². The predicted octanol–water partition coefficient (Wildman–Crippen LogP) is 2.62. The zero-order valence-electron chi connectivity index (χ0n) is 15.6. The van der Waals surface area contributed by atoms with Crippen molar-refractivity contribution in [3.63, 3.8) is 0 Å². The normalized spacial score (nSPS) is 22.5. The highest BCUT2D eigenvalue weighted by molar-refractivity contribution is 5.27. The quantitative estimate of drug-likeness (QED) is 0.798. The highest BCUT2D eigenvalue weighted by atomic mass is 16.5. The van der Waals surface area contributed by atoms with Crippen LogP contribution < -0.4 is 0 Å². The molecule has 1 unspecified atom stereocenters. The van der Waals surface area contributed by atoms with Crippen LogP contribution in [0.15, 0.2) is 42.7 Å². The van der Waals surface area contributed by atoms with Gasteiger partial charge in [0.05, 0.1) is 19.8 Å². The molecule has 0 N–H and O–H groups in total. The van der Waals surface area contributed by atoms with Crippen molar-refractivity contribution in [1.29, 1.82) is 0 Å². The molecule has 2 saturated heterocycles. The molecular formula is C21H30N4O. The molecule has 26 heavy (non-hydrogen) atoms. The van der Waals surface area contributed by atoms with Crippen molar-refractivity contribution in [2.45, 2.75) is 38.4 Å². The molecule has 2 aliphatic rings. The summed E-state index contributed by atoms with van der Waals surface area (Å²) >= 11 is 0. The molecule has 1 atom stereocenters. The molecule has 3 heterocycles. The Morgan fingerprint density at radius 3 is 2.54 bits per heavy atom. The van der Waals surface area contributed by atoms with Gasteiger partial charge in [0.15, 0.2) is 0 Å². The van der Waals surface area contributed by atoms with Gasteiger partial charge in [0.25, 0.3) is 0 Å². The van der Waals surface area contributed by atoms with E-state index in [9.17, 15) is 0 Å². The maximum absolute atomic E-state index is 5.51. The van der Waals surface area contributed by atoms with E-state index in [1.807, 2.05) is 23.1 Å². The number of aromatic nitrogens is 2. The molecule has 2 aliphatic heterocycles. The summed E-state index contributed by atoms with van der Waals surface area (Å²) in [7, 11) is 0. The molecule has 0 spiro atoms. The van der Waals surface area contributed by atoms with Crippen molar-refractivity contribution < 1.29 is 4.74 Å². The van der Waals surface area contributed by atoms with Crippen molar-refractivity contribution in [2.24, 2.45) is 0 Å². The number of benzene rings is 1. The summed E-state index contributed by atoms with van der Waals surface area (Å²) in [6, 6.07) is 11.5. The molecule has 0 amide bonds. The highest BCUT2D eigenvalue weighted by Crippen LogP contribution is 2.22. The summed E-state index contributed by atoms with van der Waals surface area (Å²) in [6.45, 7) is 8.24. The van der Waals surface area contributed by atoms with Crippen LogP contribution in [0.25, 0.3) is 0 Å². The lowest BCUT2D eigenvalue weighted by Crippen LogP contribution is -2.49. The van der Waals surface area contributed by atoms with E-state index in [-0.39, 0.29) is 0 Å². The predicted molar refractivity (Wildman–Crippen MR) is 103 cm³/mol. The van der Waals surface area contributed by atoms with Crippen molar-refractivity contribution in [3.8, 4) is 0 Å². The first-order valence-corrected chi connectivity index (χ1v) is 9.97. The standard InChI is InChI=1S/C21H30N4O/c1-2-7-20(17-25-11-5-9-22-25)19(6-1)16-24-10-4-3-8-21(24)18-23-12-14-26-15-13-23/h1-2,5-7,9,11,21H,3-4,8,10,12-18H2. The minimum Gasteiger partial charge on any atom is -0.379 e. The Bertz CT molecular complexity index is 666. The fourth-order valence-electron chi connectivity index (χ4n) is 4.21. The number of hydrogen-bond acceptors (Lipinski definition) is 4. The first-order valence-electron chi connectivity index (χ1n) is 9.97. The molecule has 0 bridgehead atoms.